The monoisotopic (exact) mass is 143 g/mol. The number of anilines is 1. The maximum Gasteiger partial charge on any atom is 0.0968 e. The zero-order chi connectivity index (χ0) is 6.69. The lowest BCUT2D eigenvalue weighted by Gasteiger charge is -1.96. The summed E-state index contributed by atoms with van der Waals surface area (Å²) in [7, 11) is 0. The number of nitrogens with one attached hydrogen (secondary N) is 2. The van der Waals surface area contributed by atoms with Gasteiger partial charge < -0.3 is 10.4 Å². The predicted octanol–water partition coefficient (Wildman–Crippen LogP) is 1.02. The Labute approximate surface area is 58.0 Å². The SMILES string of the molecule is CSc1[nH]ccc1NN. The van der Waals surface area contributed by atoms with E-state index in [1.54, 1.807) is 11.8 Å². The minimum atomic E-state index is 0.947. The van der Waals surface area contributed by atoms with E-state index in [1.165, 1.54) is 0 Å². The average Bonchev–Trinajstić information content (AvgIpc) is 2.33. The summed E-state index contributed by atoms with van der Waals surface area (Å²) in [6, 6.07) is 1.89. The number of nitrogen functional groups attached to an aromatic ring is 1. The molecule has 3 nitrogen and oxygen atoms in total. The van der Waals surface area contributed by atoms with Crippen LogP contribution in [0.15, 0.2) is 17.3 Å². The molecule has 0 amide bonds. The van der Waals surface area contributed by atoms with E-state index in [2.05, 4.69) is 10.4 Å². The maximum atomic E-state index is 5.19. The third-order valence-electron chi connectivity index (χ3n) is 1.07. The molecule has 4 heteroatoms. The van der Waals surface area contributed by atoms with E-state index in [0.29, 0.717) is 0 Å². The maximum absolute atomic E-state index is 5.19. The summed E-state index contributed by atoms with van der Waals surface area (Å²) < 4.78 is 0. The molecule has 0 aliphatic carbocycles. The second-order valence-electron chi connectivity index (χ2n) is 1.57. The van der Waals surface area contributed by atoms with Crippen molar-refractivity contribution in [2.75, 3.05) is 11.7 Å². The van der Waals surface area contributed by atoms with Crippen LogP contribution in [0.2, 0.25) is 0 Å². The molecule has 1 heterocycles. The highest BCUT2D eigenvalue weighted by Gasteiger charge is 1.96. The Balaban J connectivity index is 2.85. The van der Waals surface area contributed by atoms with Gasteiger partial charge in [0.15, 0.2) is 0 Å². The molecule has 0 bridgehead atoms. The molecule has 0 aromatic carbocycles. The van der Waals surface area contributed by atoms with E-state index in [0.717, 1.165) is 10.7 Å². The lowest BCUT2D eigenvalue weighted by Crippen LogP contribution is -2.06. The first-order chi connectivity index (χ1) is 4.38. The molecule has 0 aliphatic rings. The van der Waals surface area contributed by atoms with Gasteiger partial charge in [-0.3, -0.25) is 5.84 Å². The van der Waals surface area contributed by atoms with E-state index in [1.807, 2.05) is 18.5 Å². The van der Waals surface area contributed by atoms with E-state index >= 15 is 0 Å². The number of aromatic nitrogens is 1. The van der Waals surface area contributed by atoms with Crippen molar-refractivity contribution in [1.29, 1.82) is 0 Å². The Kier molecular flexibility index (Phi) is 2.02. The van der Waals surface area contributed by atoms with E-state index in [9.17, 15) is 0 Å². The molecule has 0 aliphatic heterocycles. The fourth-order valence-electron chi connectivity index (χ4n) is 0.637. The van der Waals surface area contributed by atoms with Gasteiger partial charge in [0.05, 0.1) is 10.7 Å². The zero-order valence-electron chi connectivity index (χ0n) is 5.14. The molecule has 1 aromatic rings. The Bertz CT molecular complexity index is 166. The highest BCUT2D eigenvalue weighted by molar-refractivity contribution is 7.98. The minimum Gasteiger partial charge on any atom is -0.355 e. The van der Waals surface area contributed by atoms with Gasteiger partial charge in [-0.25, -0.2) is 0 Å². The Hall–Kier alpha value is -0.610. The largest absolute Gasteiger partial charge is 0.355 e. The summed E-state index contributed by atoms with van der Waals surface area (Å²) in [4.78, 5) is 3.03. The molecule has 0 radical (unpaired) electrons. The van der Waals surface area contributed by atoms with Gasteiger partial charge in [0.25, 0.3) is 0 Å². The Morgan fingerprint density at radius 2 is 2.56 bits per heavy atom. The quantitative estimate of drug-likeness (QED) is 0.329. The predicted molar refractivity (Wildman–Crippen MR) is 40.4 cm³/mol. The van der Waals surface area contributed by atoms with Crippen LogP contribution in [-0.4, -0.2) is 11.2 Å². The van der Waals surface area contributed by atoms with E-state index in [4.69, 9.17) is 5.84 Å². The van der Waals surface area contributed by atoms with Crippen LogP contribution in [0.25, 0.3) is 0 Å². The molecule has 9 heavy (non-hydrogen) atoms. The molecular weight excluding hydrogens is 134 g/mol. The summed E-state index contributed by atoms with van der Waals surface area (Å²) in [5.41, 5.74) is 3.52. The standard InChI is InChI=1S/C5H9N3S/c1-9-5-4(8-6)2-3-7-5/h2-3,7-8H,6H2,1H3. The number of hydrazine groups is 1. The molecule has 1 rings (SSSR count). The highest BCUT2D eigenvalue weighted by atomic mass is 32.2. The first-order valence-corrected chi connectivity index (χ1v) is 3.79. The van der Waals surface area contributed by atoms with Crippen LogP contribution in [0, 0.1) is 0 Å². The van der Waals surface area contributed by atoms with Crippen LogP contribution in [-0.2, 0) is 0 Å². The second-order valence-corrected chi connectivity index (χ2v) is 2.39. The van der Waals surface area contributed by atoms with Crippen molar-refractivity contribution in [2.45, 2.75) is 5.03 Å². The summed E-state index contributed by atoms with van der Waals surface area (Å²) in [5, 5.41) is 1.07. The third-order valence-corrected chi connectivity index (χ3v) is 1.81. The molecule has 4 N–H and O–H groups in total. The minimum absolute atomic E-state index is 0.947. The number of nitrogens with two attached hydrogens (primary N) is 1. The van der Waals surface area contributed by atoms with Crippen LogP contribution in [0.1, 0.15) is 0 Å². The highest BCUT2D eigenvalue weighted by Crippen LogP contribution is 2.21. The first-order valence-electron chi connectivity index (χ1n) is 2.56. The van der Waals surface area contributed by atoms with Gasteiger partial charge in [0.1, 0.15) is 0 Å². The van der Waals surface area contributed by atoms with Gasteiger partial charge >= 0.3 is 0 Å². The number of hydrogen-bond acceptors (Lipinski definition) is 3. The van der Waals surface area contributed by atoms with Crippen LogP contribution in [0.4, 0.5) is 5.69 Å². The van der Waals surface area contributed by atoms with Crippen LogP contribution in [0.3, 0.4) is 0 Å². The molecule has 50 valence electrons. The average molecular weight is 143 g/mol. The van der Waals surface area contributed by atoms with Gasteiger partial charge in [-0.1, -0.05) is 0 Å². The van der Waals surface area contributed by atoms with Crippen molar-refractivity contribution >= 4 is 17.4 Å². The second kappa shape index (κ2) is 2.80. The fraction of sp³-hybridized carbons (Fsp3) is 0.200. The molecule has 0 atom stereocenters. The smallest absolute Gasteiger partial charge is 0.0968 e. The molecule has 0 unspecified atom stereocenters. The van der Waals surface area contributed by atoms with Gasteiger partial charge in [-0.2, -0.15) is 0 Å². The van der Waals surface area contributed by atoms with Gasteiger partial charge in [0.2, 0.25) is 0 Å². The van der Waals surface area contributed by atoms with Gasteiger partial charge in [-0.05, 0) is 12.3 Å². The van der Waals surface area contributed by atoms with Crippen molar-refractivity contribution in [3.05, 3.63) is 12.3 Å². The molecule has 0 fully saturated rings. The van der Waals surface area contributed by atoms with Crippen LogP contribution in [0.5, 0.6) is 0 Å². The number of hydrogen-bond donors (Lipinski definition) is 3. The number of thioether (sulfide) groups is 1. The lowest BCUT2D eigenvalue weighted by atomic mass is 10.6. The molecular formula is C5H9N3S. The summed E-state index contributed by atoms with van der Waals surface area (Å²) in [6.45, 7) is 0. The molecule has 1 aromatic heterocycles. The van der Waals surface area contributed by atoms with Gasteiger partial charge in [-0.15, -0.1) is 11.8 Å². The van der Waals surface area contributed by atoms with E-state index < -0.39 is 0 Å². The normalized spacial score (nSPS) is 9.56. The number of rotatable bonds is 2. The summed E-state index contributed by atoms with van der Waals surface area (Å²) in [5.74, 6) is 5.19. The van der Waals surface area contributed by atoms with Crippen LogP contribution >= 0.6 is 11.8 Å². The zero-order valence-corrected chi connectivity index (χ0v) is 5.96. The number of H-pyrrole nitrogens is 1. The molecule has 0 saturated carbocycles. The fourth-order valence-corrected chi connectivity index (χ4v) is 1.17. The topological polar surface area (TPSA) is 53.8 Å². The van der Waals surface area contributed by atoms with Crippen molar-refractivity contribution in [2.24, 2.45) is 5.84 Å². The Morgan fingerprint density at radius 3 is 3.00 bits per heavy atom. The van der Waals surface area contributed by atoms with Crippen molar-refractivity contribution in [3.8, 4) is 0 Å². The van der Waals surface area contributed by atoms with Crippen molar-refractivity contribution in [1.82, 2.24) is 4.98 Å². The molecule has 0 spiro atoms. The van der Waals surface area contributed by atoms with Crippen molar-refractivity contribution < 1.29 is 0 Å². The van der Waals surface area contributed by atoms with E-state index in [-0.39, 0.29) is 0 Å². The summed E-state index contributed by atoms with van der Waals surface area (Å²) in [6.07, 6.45) is 3.84. The molecule has 0 saturated heterocycles. The summed E-state index contributed by atoms with van der Waals surface area (Å²) >= 11 is 1.63. The van der Waals surface area contributed by atoms with Crippen molar-refractivity contribution in [3.63, 3.8) is 0 Å². The number of aromatic amines is 1. The first kappa shape index (κ1) is 6.51. The van der Waals surface area contributed by atoms with Crippen LogP contribution < -0.4 is 11.3 Å². The van der Waals surface area contributed by atoms with Gasteiger partial charge in [0, 0.05) is 6.20 Å². The lowest BCUT2D eigenvalue weighted by molar-refractivity contribution is 1.18. The Morgan fingerprint density at radius 1 is 1.78 bits per heavy atom. The third kappa shape index (κ3) is 1.20.